The Morgan fingerprint density at radius 1 is 1.62 bits per heavy atom. The van der Waals surface area contributed by atoms with Crippen molar-refractivity contribution in [3.05, 3.63) is 33.3 Å². The Labute approximate surface area is 90.4 Å². The largest absolute Gasteiger partial charge is 0.313 e. The van der Waals surface area contributed by atoms with Crippen LogP contribution in [0.1, 0.15) is 10.4 Å². The smallest absolute Gasteiger partial charge is 0.177 e. The van der Waals surface area contributed by atoms with Gasteiger partial charge in [-0.05, 0) is 25.2 Å². The first-order chi connectivity index (χ1) is 6.15. The van der Waals surface area contributed by atoms with E-state index < -0.39 is 0 Å². The molecule has 0 saturated carbocycles. The SMILES string of the molecule is CNCC(=O)c1cc(Cl)ccc1Br. The number of Topliss-reactive ketones (excluding diaryl/α,β-unsaturated/α-hetero) is 1. The summed E-state index contributed by atoms with van der Waals surface area (Å²) in [4.78, 5) is 11.5. The van der Waals surface area contributed by atoms with Crippen LogP contribution in [0.2, 0.25) is 5.02 Å². The molecular weight excluding hydrogens is 253 g/mol. The van der Waals surface area contributed by atoms with Gasteiger partial charge in [0.15, 0.2) is 5.78 Å². The van der Waals surface area contributed by atoms with Crippen LogP contribution in [0.3, 0.4) is 0 Å². The second-order valence-corrected chi connectivity index (χ2v) is 3.87. The standard InChI is InChI=1S/C9H9BrClNO/c1-12-5-9(13)7-4-6(11)2-3-8(7)10/h2-4,12H,5H2,1H3. The highest BCUT2D eigenvalue weighted by atomic mass is 79.9. The summed E-state index contributed by atoms with van der Waals surface area (Å²) in [6.07, 6.45) is 0. The average molecular weight is 263 g/mol. The van der Waals surface area contributed by atoms with Crippen molar-refractivity contribution in [2.24, 2.45) is 0 Å². The van der Waals surface area contributed by atoms with Crippen LogP contribution in [-0.4, -0.2) is 19.4 Å². The van der Waals surface area contributed by atoms with Gasteiger partial charge in [-0.2, -0.15) is 0 Å². The van der Waals surface area contributed by atoms with Gasteiger partial charge in [-0.25, -0.2) is 0 Å². The van der Waals surface area contributed by atoms with Crippen molar-refractivity contribution >= 4 is 33.3 Å². The van der Waals surface area contributed by atoms with Crippen molar-refractivity contribution in [1.29, 1.82) is 0 Å². The molecule has 0 aromatic heterocycles. The number of rotatable bonds is 3. The second kappa shape index (κ2) is 4.74. The van der Waals surface area contributed by atoms with E-state index in [-0.39, 0.29) is 5.78 Å². The molecule has 0 fully saturated rings. The Hall–Kier alpha value is -0.380. The maximum Gasteiger partial charge on any atom is 0.177 e. The van der Waals surface area contributed by atoms with E-state index in [1.165, 1.54) is 0 Å². The Kier molecular flexibility index (Phi) is 3.90. The number of ketones is 1. The lowest BCUT2D eigenvalue weighted by molar-refractivity contribution is 0.0993. The van der Waals surface area contributed by atoms with Crippen LogP contribution in [0.15, 0.2) is 22.7 Å². The van der Waals surface area contributed by atoms with E-state index in [4.69, 9.17) is 11.6 Å². The second-order valence-electron chi connectivity index (χ2n) is 2.58. The number of hydrogen-bond acceptors (Lipinski definition) is 2. The van der Waals surface area contributed by atoms with Gasteiger partial charge in [-0.3, -0.25) is 4.79 Å². The number of carbonyl (C=O) groups excluding carboxylic acids is 1. The van der Waals surface area contributed by atoms with Gasteiger partial charge in [0.1, 0.15) is 0 Å². The molecule has 0 radical (unpaired) electrons. The Bertz CT molecular complexity index is 327. The molecule has 70 valence electrons. The predicted octanol–water partition coefficient (Wildman–Crippen LogP) is 2.50. The molecule has 1 aromatic carbocycles. The van der Waals surface area contributed by atoms with Crippen LogP contribution in [0.5, 0.6) is 0 Å². The van der Waals surface area contributed by atoms with Gasteiger partial charge < -0.3 is 5.32 Å². The number of nitrogens with one attached hydrogen (secondary N) is 1. The Morgan fingerprint density at radius 3 is 2.92 bits per heavy atom. The summed E-state index contributed by atoms with van der Waals surface area (Å²) >= 11 is 9.06. The van der Waals surface area contributed by atoms with Crippen molar-refractivity contribution in [2.75, 3.05) is 13.6 Å². The highest BCUT2D eigenvalue weighted by Gasteiger charge is 2.08. The van der Waals surface area contributed by atoms with Gasteiger partial charge >= 0.3 is 0 Å². The molecule has 0 aliphatic rings. The van der Waals surface area contributed by atoms with Crippen molar-refractivity contribution in [3.8, 4) is 0 Å². The van der Waals surface area contributed by atoms with Crippen molar-refractivity contribution < 1.29 is 4.79 Å². The topological polar surface area (TPSA) is 29.1 Å². The van der Waals surface area contributed by atoms with Crippen molar-refractivity contribution in [2.45, 2.75) is 0 Å². The molecule has 1 rings (SSSR count). The van der Waals surface area contributed by atoms with Gasteiger partial charge in [-0.15, -0.1) is 0 Å². The molecule has 0 aliphatic heterocycles. The average Bonchev–Trinajstić information content (AvgIpc) is 2.09. The molecule has 4 heteroatoms. The van der Waals surface area contributed by atoms with E-state index in [1.54, 1.807) is 25.2 Å². The molecule has 0 atom stereocenters. The summed E-state index contributed by atoms with van der Waals surface area (Å²) in [5.74, 6) is 0.0249. The fourth-order valence-corrected chi connectivity index (χ4v) is 1.61. The molecule has 1 aromatic rings. The van der Waals surface area contributed by atoms with Crippen LogP contribution in [0, 0.1) is 0 Å². The summed E-state index contributed by atoms with van der Waals surface area (Å²) in [7, 11) is 1.73. The quantitative estimate of drug-likeness (QED) is 0.848. The third-order valence-electron chi connectivity index (χ3n) is 1.57. The summed E-state index contributed by atoms with van der Waals surface area (Å²) in [5, 5.41) is 3.37. The van der Waals surface area contributed by atoms with E-state index in [9.17, 15) is 4.79 Å². The van der Waals surface area contributed by atoms with Crippen LogP contribution < -0.4 is 5.32 Å². The van der Waals surface area contributed by atoms with E-state index in [2.05, 4.69) is 21.2 Å². The van der Waals surface area contributed by atoms with Gasteiger partial charge in [0.05, 0.1) is 6.54 Å². The molecule has 1 N–H and O–H groups in total. The zero-order valence-corrected chi connectivity index (χ0v) is 9.45. The lowest BCUT2D eigenvalue weighted by Gasteiger charge is -2.03. The lowest BCUT2D eigenvalue weighted by atomic mass is 10.1. The third kappa shape index (κ3) is 2.79. The van der Waals surface area contributed by atoms with Crippen molar-refractivity contribution in [3.63, 3.8) is 0 Å². The minimum atomic E-state index is 0.0249. The zero-order chi connectivity index (χ0) is 9.84. The monoisotopic (exact) mass is 261 g/mol. The van der Waals surface area contributed by atoms with Gasteiger partial charge in [0.2, 0.25) is 0 Å². The minimum Gasteiger partial charge on any atom is -0.313 e. The van der Waals surface area contributed by atoms with Gasteiger partial charge in [-0.1, -0.05) is 27.5 Å². The maximum absolute atomic E-state index is 11.5. The first kappa shape index (κ1) is 10.7. The molecule has 0 heterocycles. The first-order valence-electron chi connectivity index (χ1n) is 3.78. The van der Waals surface area contributed by atoms with Gasteiger partial charge in [0, 0.05) is 15.1 Å². The highest BCUT2D eigenvalue weighted by molar-refractivity contribution is 9.10. The fourth-order valence-electron chi connectivity index (χ4n) is 0.967. The maximum atomic E-state index is 11.5. The van der Waals surface area contributed by atoms with Crippen molar-refractivity contribution in [1.82, 2.24) is 5.32 Å². The summed E-state index contributed by atoms with van der Waals surface area (Å²) < 4.78 is 0.775. The molecule has 0 aliphatic carbocycles. The highest BCUT2D eigenvalue weighted by Crippen LogP contribution is 2.21. The van der Waals surface area contributed by atoms with Gasteiger partial charge in [0.25, 0.3) is 0 Å². The molecule has 0 bridgehead atoms. The molecule has 0 spiro atoms. The minimum absolute atomic E-state index is 0.0249. The van der Waals surface area contributed by atoms with E-state index in [0.29, 0.717) is 17.1 Å². The van der Waals surface area contributed by atoms with Crippen LogP contribution in [-0.2, 0) is 0 Å². The number of halogens is 2. The zero-order valence-electron chi connectivity index (χ0n) is 7.10. The van der Waals surface area contributed by atoms with Crippen LogP contribution in [0.25, 0.3) is 0 Å². The molecular formula is C9H9BrClNO. The van der Waals surface area contributed by atoms with E-state index in [0.717, 1.165) is 4.47 Å². The molecule has 0 unspecified atom stereocenters. The lowest BCUT2D eigenvalue weighted by Crippen LogP contribution is -2.18. The normalized spacial score (nSPS) is 10.1. The number of benzene rings is 1. The van der Waals surface area contributed by atoms with Crippen LogP contribution in [0.4, 0.5) is 0 Å². The number of likely N-dealkylation sites (N-methyl/N-ethyl adjacent to an activating group) is 1. The summed E-state index contributed by atoms with van der Waals surface area (Å²) in [6.45, 7) is 0.318. The third-order valence-corrected chi connectivity index (χ3v) is 2.49. The molecule has 0 saturated heterocycles. The van der Waals surface area contributed by atoms with E-state index >= 15 is 0 Å². The van der Waals surface area contributed by atoms with E-state index in [1.807, 2.05) is 0 Å². The molecule has 13 heavy (non-hydrogen) atoms. The summed E-state index contributed by atoms with van der Waals surface area (Å²) in [6, 6.07) is 5.17. The summed E-state index contributed by atoms with van der Waals surface area (Å²) in [5.41, 5.74) is 0.613. The molecule has 0 amide bonds. The Balaban J connectivity index is 2.99. The van der Waals surface area contributed by atoms with Crippen LogP contribution >= 0.6 is 27.5 Å². The number of hydrogen-bond donors (Lipinski definition) is 1. The molecule has 2 nitrogen and oxygen atoms in total. The first-order valence-corrected chi connectivity index (χ1v) is 4.95. The Morgan fingerprint density at radius 2 is 2.31 bits per heavy atom. The fraction of sp³-hybridized carbons (Fsp3) is 0.222. The predicted molar refractivity (Wildman–Crippen MR) is 57.4 cm³/mol. The number of carbonyl (C=O) groups is 1.